The smallest absolute Gasteiger partial charge is 0.207 e. The molecule has 9 heavy (non-hydrogen) atoms. The van der Waals surface area contributed by atoms with Gasteiger partial charge in [0.25, 0.3) is 0 Å². The lowest BCUT2D eigenvalue weighted by Gasteiger charge is -2.29. The molecule has 0 spiro atoms. The van der Waals surface area contributed by atoms with Crippen molar-refractivity contribution in [3.05, 3.63) is 0 Å². The minimum Gasteiger partial charge on any atom is -0.309 e. The third kappa shape index (κ3) is 1.70. The molecule has 0 bridgehead atoms. The molecule has 4 heteroatoms. The fourth-order valence-electron chi connectivity index (χ4n) is 0.585. The fraction of sp³-hybridized carbons (Fsp3) is 0.600. The first-order chi connectivity index (χ1) is 4.43. The van der Waals surface area contributed by atoms with Crippen molar-refractivity contribution >= 4 is 6.34 Å². The average Bonchev–Trinajstić information content (AvgIpc) is 1.76. The molecular formula is C5H8N4. The number of hydrogen-bond donors (Lipinski definition) is 1. The van der Waals surface area contributed by atoms with Gasteiger partial charge in [-0.05, 0) is 6.42 Å². The molecule has 1 fully saturated rings. The zero-order chi connectivity index (χ0) is 6.53. The van der Waals surface area contributed by atoms with E-state index in [1.807, 2.05) is 5.01 Å². The number of nitrogens with one attached hydrogen (secondary N) is 1. The van der Waals surface area contributed by atoms with Crippen molar-refractivity contribution in [1.29, 1.82) is 5.26 Å². The predicted molar refractivity (Wildman–Crippen MR) is 33.4 cm³/mol. The Morgan fingerprint density at radius 3 is 2.89 bits per heavy atom. The molecule has 1 aliphatic rings. The van der Waals surface area contributed by atoms with Crippen LogP contribution in [0.5, 0.6) is 0 Å². The Hall–Kier alpha value is -1.08. The van der Waals surface area contributed by atoms with Crippen LogP contribution >= 0.6 is 0 Å². The maximum atomic E-state index is 7.96. The Kier molecular flexibility index (Phi) is 2.05. The summed E-state index contributed by atoms with van der Waals surface area (Å²) in [5, 5.41) is 9.95. The molecule has 0 atom stereocenters. The molecule has 0 aliphatic carbocycles. The number of nitriles is 1. The minimum absolute atomic E-state index is 1.05. The number of rotatable bonds is 2. The summed E-state index contributed by atoms with van der Waals surface area (Å²) in [6.45, 7) is 2.11. The first-order valence-corrected chi connectivity index (χ1v) is 2.85. The molecule has 0 amide bonds. The molecule has 1 aliphatic heterocycles. The summed E-state index contributed by atoms with van der Waals surface area (Å²) in [7, 11) is 0. The van der Waals surface area contributed by atoms with Gasteiger partial charge < -0.3 is 5.43 Å². The largest absolute Gasteiger partial charge is 0.309 e. The van der Waals surface area contributed by atoms with Gasteiger partial charge in [0.1, 0.15) is 6.34 Å². The van der Waals surface area contributed by atoms with Gasteiger partial charge in [-0.3, -0.25) is 0 Å². The van der Waals surface area contributed by atoms with Crippen molar-refractivity contribution in [2.75, 3.05) is 13.1 Å². The second-order valence-corrected chi connectivity index (χ2v) is 1.83. The van der Waals surface area contributed by atoms with Crippen LogP contribution in [-0.2, 0) is 0 Å². The van der Waals surface area contributed by atoms with Crippen LogP contribution in [0.4, 0.5) is 0 Å². The van der Waals surface area contributed by atoms with Gasteiger partial charge in [0.05, 0.1) is 0 Å². The van der Waals surface area contributed by atoms with Crippen molar-refractivity contribution in [2.45, 2.75) is 6.42 Å². The summed E-state index contributed by atoms with van der Waals surface area (Å²) in [5.41, 5.74) is 2.84. The van der Waals surface area contributed by atoms with Gasteiger partial charge in [-0.15, -0.1) is 0 Å². The molecule has 0 aromatic rings. The van der Waals surface area contributed by atoms with E-state index < -0.39 is 0 Å². The van der Waals surface area contributed by atoms with Gasteiger partial charge >= 0.3 is 0 Å². The molecule has 0 saturated carbocycles. The average molecular weight is 124 g/mol. The lowest BCUT2D eigenvalue weighted by Crippen LogP contribution is -2.46. The van der Waals surface area contributed by atoms with Gasteiger partial charge in [0, 0.05) is 13.1 Å². The first kappa shape index (κ1) is 6.05. The zero-order valence-corrected chi connectivity index (χ0v) is 5.04. The Morgan fingerprint density at radius 2 is 2.44 bits per heavy atom. The molecule has 0 aromatic heterocycles. The van der Waals surface area contributed by atoms with E-state index in [0.717, 1.165) is 13.1 Å². The number of hydrogen-bond acceptors (Lipinski definition) is 3. The maximum absolute atomic E-state index is 7.96. The third-order valence-electron chi connectivity index (χ3n) is 1.22. The normalized spacial score (nSPS) is 19.0. The van der Waals surface area contributed by atoms with Crippen LogP contribution in [0.15, 0.2) is 4.99 Å². The van der Waals surface area contributed by atoms with Crippen LogP contribution in [0.2, 0.25) is 0 Å². The van der Waals surface area contributed by atoms with Gasteiger partial charge in [-0.2, -0.15) is 10.3 Å². The van der Waals surface area contributed by atoms with E-state index in [1.54, 1.807) is 6.19 Å². The summed E-state index contributed by atoms with van der Waals surface area (Å²) in [4.78, 5) is 3.32. The SMILES string of the molecule is N#CN=CNN1CCC1. The molecular weight excluding hydrogens is 116 g/mol. The van der Waals surface area contributed by atoms with Crippen molar-refractivity contribution in [1.82, 2.24) is 10.4 Å². The molecule has 48 valence electrons. The van der Waals surface area contributed by atoms with Crippen LogP contribution in [0.3, 0.4) is 0 Å². The second-order valence-electron chi connectivity index (χ2n) is 1.83. The van der Waals surface area contributed by atoms with E-state index in [9.17, 15) is 0 Å². The van der Waals surface area contributed by atoms with E-state index in [-0.39, 0.29) is 0 Å². The predicted octanol–water partition coefficient (Wildman–Crippen LogP) is -0.294. The lowest BCUT2D eigenvalue weighted by molar-refractivity contribution is 0.149. The second kappa shape index (κ2) is 3.05. The molecule has 0 unspecified atom stereocenters. The van der Waals surface area contributed by atoms with Gasteiger partial charge in [-0.1, -0.05) is 0 Å². The van der Waals surface area contributed by atoms with Crippen molar-refractivity contribution in [2.24, 2.45) is 4.99 Å². The Balaban J connectivity index is 2.05. The van der Waals surface area contributed by atoms with E-state index in [2.05, 4.69) is 10.4 Å². The Morgan fingerprint density at radius 1 is 1.67 bits per heavy atom. The standard InChI is InChI=1S/C5H8N4/c6-4-7-5-8-9-2-1-3-9/h5H,1-3H2,(H,7,8). The van der Waals surface area contributed by atoms with Crippen LogP contribution in [0.1, 0.15) is 6.42 Å². The molecule has 1 heterocycles. The third-order valence-corrected chi connectivity index (χ3v) is 1.22. The molecule has 4 nitrogen and oxygen atoms in total. The summed E-state index contributed by atoms with van der Waals surface area (Å²) < 4.78 is 0. The van der Waals surface area contributed by atoms with Gasteiger partial charge in [-0.25, -0.2) is 5.01 Å². The molecule has 1 saturated heterocycles. The van der Waals surface area contributed by atoms with Crippen LogP contribution in [-0.4, -0.2) is 24.4 Å². The van der Waals surface area contributed by atoms with Crippen LogP contribution in [0, 0.1) is 11.5 Å². The molecule has 1 N–H and O–H groups in total. The van der Waals surface area contributed by atoms with Gasteiger partial charge in [0.2, 0.25) is 6.19 Å². The summed E-state index contributed by atoms with van der Waals surface area (Å²) in [6, 6.07) is 0. The van der Waals surface area contributed by atoms with Crippen molar-refractivity contribution < 1.29 is 0 Å². The van der Waals surface area contributed by atoms with E-state index in [4.69, 9.17) is 5.26 Å². The minimum atomic E-state index is 1.05. The first-order valence-electron chi connectivity index (χ1n) is 2.85. The highest BCUT2D eigenvalue weighted by Crippen LogP contribution is 1.98. The quantitative estimate of drug-likeness (QED) is 0.312. The van der Waals surface area contributed by atoms with E-state index in [1.165, 1.54) is 12.8 Å². The Bertz CT molecular complexity index is 142. The molecule has 0 aromatic carbocycles. The number of hydrazine groups is 1. The maximum Gasteiger partial charge on any atom is 0.207 e. The van der Waals surface area contributed by atoms with E-state index in [0.29, 0.717) is 0 Å². The molecule has 0 radical (unpaired) electrons. The van der Waals surface area contributed by atoms with Crippen LogP contribution < -0.4 is 5.43 Å². The lowest BCUT2D eigenvalue weighted by atomic mass is 10.3. The topological polar surface area (TPSA) is 51.4 Å². The van der Waals surface area contributed by atoms with Crippen molar-refractivity contribution in [3.8, 4) is 6.19 Å². The highest BCUT2D eigenvalue weighted by Gasteiger charge is 2.10. The van der Waals surface area contributed by atoms with Crippen LogP contribution in [0.25, 0.3) is 0 Å². The molecule has 1 rings (SSSR count). The summed E-state index contributed by atoms with van der Waals surface area (Å²) >= 11 is 0. The highest BCUT2D eigenvalue weighted by atomic mass is 15.5. The monoisotopic (exact) mass is 124 g/mol. The zero-order valence-electron chi connectivity index (χ0n) is 5.04. The number of aliphatic imine (C=N–C) groups is 1. The highest BCUT2D eigenvalue weighted by molar-refractivity contribution is 5.54. The van der Waals surface area contributed by atoms with Crippen molar-refractivity contribution in [3.63, 3.8) is 0 Å². The van der Waals surface area contributed by atoms with Gasteiger partial charge in [0.15, 0.2) is 0 Å². The summed E-state index contributed by atoms with van der Waals surface area (Å²) in [6.07, 6.45) is 4.28. The Labute approximate surface area is 53.8 Å². The fourth-order valence-corrected chi connectivity index (χ4v) is 0.585. The number of nitrogens with zero attached hydrogens (tertiary/aromatic N) is 3. The van der Waals surface area contributed by atoms with E-state index >= 15 is 0 Å². The summed E-state index contributed by atoms with van der Waals surface area (Å²) in [5.74, 6) is 0.